The van der Waals surface area contributed by atoms with Gasteiger partial charge >= 0.3 is 0 Å². The zero-order valence-corrected chi connectivity index (χ0v) is 6.80. The Morgan fingerprint density at radius 3 is 2.45 bits per heavy atom. The van der Waals surface area contributed by atoms with Crippen molar-refractivity contribution < 1.29 is 9.50 Å². The fourth-order valence-corrected chi connectivity index (χ4v) is 1.51. The molecule has 66 valence electrons. The molecule has 0 unspecified atom stereocenters. The summed E-state index contributed by atoms with van der Waals surface area (Å²) in [6.07, 6.45) is 2.05. The maximum absolute atomic E-state index is 11.9. The van der Waals surface area contributed by atoms with Crippen LogP contribution in [0.1, 0.15) is 12.8 Å². The van der Waals surface area contributed by atoms with Crippen LogP contribution in [-0.4, -0.2) is 42.9 Å². The van der Waals surface area contributed by atoms with Crippen LogP contribution in [0.4, 0.5) is 4.39 Å². The molecule has 1 aliphatic heterocycles. The molecule has 2 nitrogen and oxygen atoms in total. The van der Waals surface area contributed by atoms with Gasteiger partial charge in [-0.05, 0) is 31.8 Å². The standard InChI is InChI=1S/C8H16FNO/c9-3-6-10-4-1-8(7-11)2-5-10/h8,11H,1-7H2. The average Bonchev–Trinajstić information content (AvgIpc) is 2.07. The van der Waals surface area contributed by atoms with Crippen LogP contribution < -0.4 is 0 Å². The van der Waals surface area contributed by atoms with E-state index < -0.39 is 0 Å². The first-order chi connectivity index (χ1) is 5.36. The van der Waals surface area contributed by atoms with Crippen molar-refractivity contribution in [3.05, 3.63) is 0 Å². The molecule has 1 aliphatic rings. The van der Waals surface area contributed by atoms with E-state index in [9.17, 15) is 4.39 Å². The van der Waals surface area contributed by atoms with E-state index in [0.717, 1.165) is 25.9 Å². The molecule has 1 rings (SSSR count). The van der Waals surface area contributed by atoms with E-state index in [0.29, 0.717) is 19.1 Å². The molecule has 1 N–H and O–H groups in total. The van der Waals surface area contributed by atoms with Crippen LogP contribution in [0.25, 0.3) is 0 Å². The van der Waals surface area contributed by atoms with Crippen molar-refractivity contribution in [2.45, 2.75) is 12.8 Å². The van der Waals surface area contributed by atoms with Crippen LogP contribution >= 0.6 is 0 Å². The van der Waals surface area contributed by atoms with Crippen LogP contribution in [0.3, 0.4) is 0 Å². The Labute approximate surface area is 67.0 Å². The molecule has 11 heavy (non-hydrogen) atoms. The van der Waals surface area contributed by atoms with Gasteiger partial charge in [0.05, 0.1) is 0 Å². The highest BCUT2D eigenvalue weighted by Gasteiger charge is 2.17. The maximum Gasteiger partial charge on any atom is 0.102 e. The molecule has 3 heteroatoms. The van der Waals surface area contributed by atoms with E-state index in [4.69, 9.17) is 5.11 Å². The fourth-order valence-electron chi connectivity index (χ4n) is 1.51. The highest BCUT2D eigenvalue weighted by atomic mass is 19.1. The molecule has 0 amide bonds. The Hall–Kier alpha value is -0.150. The SMILES string of the molecule is OCC1CCN(CCF)CC1. The van der Waals surface area contributed by atoms with Gasteiger partial charge in [-0.3, -0.25) is 0 Å². The summed E-state index contributed by atoms with van der Waals surface area (Å²) in [5, 5.41) is 8.81. The third-order valence-electron chi connectivity index (χ3n) is 2.37. The van der Waals surface area contributed by atoms with Gasteiger partial charge in [0.25, 0.3) is 0 Å². The third-order valence-corrected chi connectivity index (χ3v) is 2.37. The highest BCUT2D eigenvalue weighted by Crippen LogP contribution is 2.15. The predicted molar refractivity (Wildman–Crippen MR) is 42.2 cm³/mol. The zero-order chi connectivity index (χ0) is 8.10. The first-order valence-electron chi connectivity index (χ1n) is 4.26. The Balaban J connectivity index is 2.14. The smallest absolute Gasteiger partial charge is 0.102 e. The molecular weight excluding hydrogens is 145 g/mol. The number of alkyl halides is 1. The highest BCUT2D eigenvalue weighted by molar-refractivity contribution is 4.70. The number of halogens is 1. The number of piperidine rings is 1. The van der Waals surface area contributed by atoms with E-state index >= 15 is 0 Å². The van der Waals surface area contributed by atoms with Crippen LogP contribution in [0.5, 0.6) is 0 Å². The number of aliphatic hydroxyl groups is 1. The Morgan fingerprint density at radius 1 is 1.36 bits per heavy atom. The number of aliphatic hydroxyl groups excluding tert-OH is 1. The van der Waals surface area contributed by atoms with Gasteiger partial charge in [-0.2, -0.15) is 0 Å². The van der Waals surface area contributed by atoms with Crippen molar-refractivity contribution in [2.24, 2.45) is 5.92 Å². The summed E-state index contributed by atoms with van der Waals surface area (Å²) in [5.74, 6) is 0.464. The molecule has 0 aromatic heterocycles. The molecule has 0 spiro atoms. The summed E-state index contributed by atoms with van der Waals surface area (Å²) in [6, 6.07) is 0. The summed E-state index contributed by atoms with van der Waals surface area (Å²) < 4.78 is 11.9. The van der Waals surface area contributed by atoms with Crippen molar-refractivity contribution in [3.8, 4) is 0 Å². The van der Waals surface area contributed by atoms with Crippen molar-refractivity contribution in [2.75, 3.05) is 32.9 Å². The van der Waals surface area contributed by atoms with E-state index in [1.807, 2.05) is 0 Å². The minimum absolute atomic E-state index is 0.246. The van der Waals surface area contributed by atoms with E-state index in [-0.39, 0.29) is 6.67 Å². The van der Waals surface area contributed by atoms with Crippen molar-refractivity contribution >= 4 is 0 Å². The molecule has 0 saturated carbocycles. The normalized spacial score (nSPS) is 22.4. The van der Waals surface area contributed by atoms with Crippen molar-refractivity contribution in [1.29, 1.82) is 0 Å². The average molecular weight is 161 g/mol. The molecular formula is C8H16FNO. The Morgan fingerprint density at radius 2 is 2.00 bits per heavy atom. The lowest BCUT2D eigenvalue weighted by Crippen LogP contribution is -2.35. The molecule has 0 atom stereocenters. The minimum atomic E-state index is -0.246. The number of likely N-dealkylation sites (tertiary alicyclic amines) is 1. The number of rotatable bonds is 3. The van der Waals surface area contributed by atoms with Crippen molar-refractivity contribution in [1.82, 2.24) is 4.90 Å². The van der Waals surface area contributed by atoms with Crippen LogP contribution in [-0.2, 0) is 0 Å². The van der Waals surface area contributed by atoms with Gasteiger partial charge < -0.3 is 10.0 Å². The molecule has 0 radical (unpaired) electrons. The second-order valence-electron chi connectivity index (χ2n) is 3.16. The van der Waals surface area contributed by atoms with Gasteiger partial charge in [0.1, 0.15) is 6.67 Å². The fraction of sp³-hybridized carbons (Fsp3) is 1.00. The Bertz CT molecular complexity index is 102. The van der Waals surface area contributed by atoms with Crippen LogP contribution in [0.15, 0.2) is 0 Å². The molecule has 1 heterocycles. The molecule has 0 aliphatic carbocycles. The summed E-state index contributed by atoms with van der Waals surface area (Å²) >= 11 is 0. The summed E-state index contributed by atoms with van der Waals surface area (Å²) in [5.41, 5.74) is 0. The first-order valence-corrected chi connectivity index (χ1v) is 4.26. The maximum atomic E-state index is 11.9. The van der Waals surface area contributed by atoms with E-state index in [2.05, 4.69) is 4.90 Å². The number of nitrogens with zero attached hydrogens (tertiary/aromatic N) is 1. The Kier molecular flexibility index (Phi) is 3.80. The number of hydrogen-bond donors (Lipinski definition) is 1. The monoisotopic (exact) mass is 161 g/mol. The van der Waals surface area contributed by atoms with Crippen LogP contribution in [0.2, 0.25) is 0 Å². The third kappa shape index (κ3) is 2.75. The largest absolute Gasteiger partial charge is 0.396 e. The number of hydrogen-bond acceptors (Lipinski definition) is 2. The van der Waals surface area contributed by atoms with E-state index in [1.165, 1.54) is 0 Å². The molecule has 0 aromatic carbocycles. The molecule has 1 fully saturated rings. The second-order valence-corrected chi connectivity index (χ2v) is 3.16. The molecule has 1 saturated heterocycles. The van der Waals surface area contributed by atoms with Crippen molar-refractivity contribution in [3.63, 3.8) is 0 Å². The van der Waals surface area contributed by atoms with Gasteiger partial charge in [0, 0.05) is 13.2 Å². The zero-order valence-electron chi connectivity index (χ0n) is 6.80. The van der Waals surface area contributed by atoms with Gasteiger partial charge in [0.15, 0.2) is 0 Å². The van der Waals surface area contributed by atoms with Gasteiger partial charge in [0.2, 0.25) is 0 Å². The lowest BCUT2D eigenvalue weighted by Gasteiger charge is -2.29. The van der Waals surface area contributed by atoms with Gasteiger partial charge in [-0.15, -0.1) is 0 Å². The summed E-state index contributed by atoms with van der Waals surface area (Å²) in [6.45, 7) is 2.52. The second kappa shape index (κ2) is 4.67. The minimum Gasteiger partial charge on any atom is -0.396 e. The quantitative estimate of drug-likeness (QED) is 0.657. The molecule has 0 aromatic rings. The van der Waals surface area contributed by atoms with Crippen LogP contribution in [0, 0.1) is 5.92 Å². The molecule has 0 bridgehead atoms. The van der Waals surface area contributed by atoms with Gasteiger partial charge in [-0.25, -0.2) is 4.39 Å². The summed E-state index contributed by atoms with van der Waals surface area (Å²) in [7, 11) is 0. The lowest BCUT2D eigenvalue weighted by atomic mass is 9.98. The lowest BCUT2D eigenvalue weighted by molar-refractivity contribution is 0.126. The van der Waals surface area contributed by atoms with E-state index in [1.54, 1.807) is 0 Å². The summed E-state index contributed by atoms with van der Waals surface area (Å²) in [4.78, 5) is 2.12. The van der Waals surface area contributed by atoms with Gasteiger partial charge in [-0.1, -0.05) is 0 Å². The first kappa shape index (κ1) is 8.94. The predicted octanol–water partition coefficient (Wildman–Crippen LogP) is 0.660. The topological polar surface area (TPSA) is 23.5 Å².